The molecule has 1 aromatic heterocycles. The van der Waals surface area contributed by atoms with Gasteiger partial charge in [-0.05, 0) is 23.8 Å². The third-order valence-corrected chi connectivity index (χ3v) is 4.24. The normalized spacial score (nSPS) is 16.2. The highest BCUT2D eigenvalue weighted by Gasteiger charge is 2.30. The minimum Gasteiger partial charge on any atom is -0.440 e. The summed E-state index contributed by atoms with van der Waals surface area (Å²) < 4.78 is 7.75. The largest absolute Gasteiger partial charge is 0.440 e. The van der Waals surface area contributed by atoms with Gasteiger partial charge in [-0.2, -0.15) is 5.26 Å². The summed E-state index contributed by atoms with van der Waals surface area (Å²) in [6.45, 7) is 0. The van der Waals surface area contributed by atoms with Crippen LogP contribution in [-0.4, -0.2) is 4.57 Å². The molecule has 4 rings (SSSR count). The number of ether oxygens (including phenoxy) is 1. The Morgan fingerprint density at radius 3 is 2.46 bits per heavy atom. The highest BCUT2D eigenvalue weighted by atomic mass is 16.5. The van der Waals surface area contributed by atoms with E-state index >= 15 is 0 Å². The lowest BCUT2D eigenvalue weighted by Gasteiger charge is -2.27. The van der Waals surface area contributed by atoms with Crippen molar-refractivity contribution in [1.29, 1.82) is 5.26 Å². The molecule has 0 radical (unpaired) electrons. The first kappa shape index (κ1) is 14.2. The van der Waals surface area contributed by atoms with Gasteiger partial charge in [-0.25, -0.2) is 0 Å². The molecule has 3 aromatic rings. The zero-order chi connectivity index (χ0) is 16.5. The molecule has 0 spiro atoms. The zero-order valence-electron chi connectivity index (χ0n) is 12.9. The van der Waals surface area contributed by atoms with Crippen molar-refractivity contribution >= 4 is 0 Å². The van der Waals surface area contributed by atoms with Gasteiger partial charge in [-0.15, -0.1) is 0 Å². The van der Waals surface area contributed by atoms with Gasteiger partial charge in [0.1, 0.15) is 17.4 Å². The van der Waals surface area contributed by atoms with Crippen LogP contribution in [0.2, 0.25) is 0 Å². The molecule has 4 heteroatoms. The molecule has 2 heterocycles. The number of nitrogens with two attached hydrogens (primary N) is 1. The fraction of sp³-hybridized carbons (Fsp3) is 0.0500. The van der Waals surface area contributed by atoms with E-state index in [1.165, 1.54) is 0 Å². The maximum absolute atomic E-state index is 9.55. The molecule has 2 N–H and O–H groups in total. The van der Waals surface area contributed by atoms with E-state index in [0.717, 1.165) is 16.8 Å². The van der Waals surface area contributed by atoms with Gasteiger partial charge in [0.25, 0.3) is 0 Å². The van der Waals surface area contributed by atoms with Crippen molar-refractivity contribution in [2.75, 3.05) is 0 Å². The van der Waals surface area contributed by atoms with Crippen molar-refractivity contribution in [2.45, 2.75) is 5.92 Å². The number of hydrogen-bond acceptors (Lipinski definition) is 3. The van der Waals surface area contributed by atoms with Crippen LogP contribution in [-0.2, 0) is 0 Å². The molecule has 0 saturated carbocycles. The van der Waals surface area contributed by atoms with E-state index in [1.807, 2.05) is 77.6 Å². The van der Waals surface area contributed by atoms with Crippen LogP contribution >= 0.6 is 0 Å². The van der Waals surface area contributed by atoms with E-state index in [0.29, 0.717) is 11.3 Å². The molecule has 2 aromatic carbocycles. The zero-order valence-corrected chi connectivity index (χ0v) is 12.9. The molecule has 0 aliphatic carbocycles. The van der Waals surface area contributed by atoms with E-state index < -0.39 is 0 Å². The molecule has 0 fully saturated rings. The Labute approximate surface area is 140 Å². The highest BCUT2D eigenvalue weighted by molar-refractivity contribution is 5.58. The molecule has 1 atom stereocenters. The highest BCUT2D eigenvalue weighted by Crippen LogP contribution is 2.42. The quantitative estimate of drug-likeness (QED) is 0.784. The molecule has 116 valence electrons. The number of hydrogen-bond donors (Lipinski definition) is 1. The second-order valence-electron chi connectivity index (χ2n) is 5.65. The predicted molar refractivity (Wildman–Crippen MR) is 91.5 cm³/mol. The molecule has 1 aliphatic heterocycles. The fourth-order valence-corrected chi connectivity index (χ4v) is 3.10. The maximum Gasteiger partial charge on any atom is 0.205 e. The summed E-state index contributed by atoms with van der Waals surface area (Å²) in [6.07, 6.45) is 3.94. The number of nitriles is 1. The summed E-state index contributed by atoms with van der Waals surface area (Å²) in [6, 6.07) is 22.0. The molecule has 4 nitrogen and oxygen atoms in total. The SMILES string of the molecule is N#CC1=C(N)Oc2cc(-n3cccc3)ccc2C1c1ccccc1. The first-order valence-corrected chi connectivity index (χ1v) is 7.68. The van der Waals surface area contributed by atoms with E-state index in [4.69, 9.17) is 10.5 Å². The first-order valence-electron chi connectivity index (χ1n) is 7.68. The Hall–Kier alpha value is -3.45. The number of fused-ring (bicyclic) bond motifs is 1. The molecule has 1 aliphatic rings. The van der Waals surface area contributed by atoms with Gasteiger partial charge >= 0.3 is 0 Å². The number of allylic oxidation sites excluding steroid dienone is 1. The smallest absolute Gasteiger partial charge is 0.205 e. The second kappa shape index (κ2) is 5.64. The predicted octanol–water partition coefficient (Wildman–Crippen LogP) is 3.70. The third-order valence-electron chi connectivity index (χ3n) is 4.24. The first-order chi connectivity index (χ1) is 11.8. The number of benzene rings is 2. The fourth-order valence-electron chi connectivity index (χ4n) is 3.10. The molecule has 0 bridgehead atoms. The Balaban J connectivity index is 1.88. The van der Waals surface area contributed by atoms with Crippen LogP contribution in [0.1, 0.15) is 17.0 Å². The van der Waals surface area contributed by atoms with E-state index in [-0.39, 0.29) is 11.8 Å². The topological polar surface area (TPSA) is 64.0 Å². The summed E-state index contributed by atoms with van der Waals surface area (Å²) in [7, 11) is 0. The minimum absolute atomic E-state index is 0.170. The Morgan fingerprint density at radius 2 is 1.75 bits per heavy atom. The van der Waals surface area contributed by atoms with Gasteiger partial charge < -0.3 is 15.0 Å². The second-order valence-corrected chi connectivity index (χ2v) is 5.65. The molecule has 24 heavy (non-hydrogen) atoms. The lowest BCUT2D eigenvalue weighted by Crippen LogP contribution is -2.21. The van der Waals surface area contributed by atoms with Crippen LogP contribution in [0.3, 0.4) is 0 Å². The van der Waals surface area contributed by atoms with Crippen LogP contribution in [0.4, 0.5) is 0 Å². The molecule has 0 amide bonds. The van der Waals surface area contributed by atoms with Gasteiger partial charge in [0, 0.05) is 29.7 Å². The summed E-state index contributed by atoms with van der Waals surface area (Å²) in [5.74, 6) is 0.647. The minimum atomic E-state index is -0.210. The lowest BCUT2D eigenvalue weighted by molar-refractivity contribution is 0.393. The molecule has 0 saturated heterocycles. The van der Waals surface area contributed by atoms with Crippen LogP contribution in [0.25, 0.3) is 5.69 Å². The maximum atomic E-state index is 9.55. The average molecular weight is 313 g/mol. The lowest BCUT2D eigenvalue weighted by atomic mass is 9.83. The Kier molecular flexibility index (Phi) is 3.33. The number of aromatic nitrogens is 1. The number of nitrogens with zero attached hydrogens (tertiary/aromatic N) is 2. The van der Waals surface area contributed by atoms with E-state index in [2.05, 4.69) is 6.07 Å². The van der Waals surface area contributed by atoms with Crippen molar-refractivity contribution in [3.8, 4) is 17.5 Å². The van der Waals surface area contributed by atoms with Gasteiger partial charge in [-0.1, -0.05) is 36.4 Å². The van der Waals surface area contributed by atoms with Crippen molar-refractivity contribution in [3.05, 3.63) is 95.6 Å². The Morgan fingerprint density at radius 1 is 1.00 bits per heavy atom. The van der Waals surface area contributed by atoms with E-state index in [9.17, 15) is 5.26 Å². The van der Waals surface area contributed by atoms with Crippen molar-refractivity contribution < 1.29 is 4.74 Å². The van der Waals surface area contributed by atoms with Gasteiger partial charge in [-0.3, -0.25) is 0 Å². The Bertz CT molecular complexity index is 950. The average Bonchev–Trinajstić information content (AvgIpc) is 3.15. The molecule has 1 unspecified atom stereocenters. The summed E-state index contributed by atoms with van der Waals surface area (Å²) in [5, 5.41) is 9.55. The van der Waals surface area contributed by atoms with Crippen LogP contribution in [0.15, 0.2) is 84.5 Å². The van der Waals surface area contributed by atoms with Gasteiger partial charge in [0.2, 0.25) is 5.88 Å². The monoisotopic (exact) mass is 313 g/mol. The molecular formula is C20H15N3O. The summed E-state index contributed by atoms with van der Waals surface area (Å²) in [5.41, 5.74) is 9.43. The van der Waals surface area contributed by atoms with Crippen molar-refractivity contribution in [1.82, 2.24) is 4.57 Å². The summed E-state index contributed by atoms with van der Waals surface area (Å²) >= 11 is 0. The van der Waals surface area contributed by atoms with Crippen LogP contribution in [0.5, 0.6) is 5.75 Å². The number of rotatable bonds is 2. The van der Waals surface area contributed by atoms with Crippen LogP contribution in [0, 0.1) is 11.3 Å². The van der Waals surface area contributed by atoms with Gasteiger partial charge in [0.05, 0.1) is 5.92 Å². The van der Waals surface area contributed by atoms with Crippen molar-refractivity contribution in [3.63, 3.8) is 0 Å². The third kappa shape index (κ3) is 2.24. The van der Waals surface area contributed by atoms with Crippen LogP contribution < -0.4 is 10.5 Å². The van der Waals surface area contributed by atoms with Crippen molar-refractivity contribution in [2.24, 2.45) is 5.73 Å². The van der Waals surface area contributed by atoms with E-state index in [1.54, 1.807) is 0 Å². The summed E-state index contributed by atoms with van der Waals surface area (Å²) in [4.78, 5) is 0. The molecular weight excluding hydrogens is 298 g/mol. The van der Waals surface area contributed by atoms with Gasteiger partial charge in [0.15, 0.2) is 0 Å². The standard InChI is InChI=1S/C20H15N3O/c21-13-17-19(14-6-2-1-3-7-14)16-9-8-15(23-10-4-5-11-23)12-18(16)24-20(17)22/h1-12,19H,22H2.